The first-order valence-electron chi connectivity index (χ1n) is 4.43. The lowest BCUT2D eigenvalue weighted by Crippen LogP contribution is -2.50. The van der Waals surface area contributed by atoms with Gasteiger partial charge >= 0.3 is 0 Å². The third kappa shape index (κ3) is 2.65. The molecule has 0 aromatic carbocycles. The molecule has 0 spiro atoms. The van der Waals surface area contributed by atoms with Crippen molar-refractivity contribution in [3.05, 3.63) is 0 Å². The van der Waals surface area contributed by atoms with Crippen LogP contribution >= 0.6 is 0 Å². The minimum atomic E-state index is -0.934. The van der Waals surface area contributed by atoms with Crippen LogP contribution in [0.4, 0.5) is 0 Å². The second-order valence-corrected chi connectivity index (χ2v) is 3.19. The topological polar surface area (TPSA) is 75.8 Å². The number of aliphatic hydroxyl groups is 1. The SMILES string of the molecule is C[C@H](O)C(=O)N1CCOC(CN)C1. The monoisotopic (exact) mass is 188 g/mol. The van der Waals surface area contributed by atoms with E-state index in [0.29, 0.717) is 26.2 Å². The summed E-state index contributed by atoms with van der Waals surface area (Å²) in [6.07, 6.45) is -1.02. The van der Waals surface area contributed by atoms with Gasteiger partial charge in [0.1, 0.15) is 6.10 Å². The molecular formula is C8H16N2O3. The predicted molar refractivity (Wildman–Crippen MR) is 47.1 cm³/mol. The minimum Gasteiger partial charge on any atom is -0.384 e. The summed E-state index contributed by atoms with van der Waals surface area (Å²) in [5.74, 6) is -0.248. The van der Waals surface area contributed by atoms with E-state index in [4.69, 9.17) is 15.6 Å². The van der Waals surface area contributed by atoms with Crippen molar-refractivity contribution in [2.24, 2.45) is 5.73 Å². The van der Waals surface area contributed by atoms with Gasteiger partial charge in [-0.2, -0.15) is 0 Å². The van der Waals surface area contributed by atoms with Gasteiger partial charge < -0.3 is 20.5 Å². The van der Waals surface area contributed by atoms with E-state index < -0.39 is 6.10 Å². The molecule has 1 saturated heterocycles. The first-order chi connectivity index (χ1) is 6.15. The van der Waals surface area contributed by atoms with Crippen LogP contribution in [0.2, 0.25) is 0 Å². The first kappa shape index (κ1) is 10.4. The Bertz CT molecular complexity index is 184. The van der Waals surface area contributed by atoms with Crippen LogP contribution < -0.4 is 5.73 Å². The van der Waals surface area contributed by atoms with E-state index in [1.54, 1.807) is 4.90 Å². The lowest BCUT2D eigenvalue weighted by molar-refractivity contribution is -0.146. The highest BCUT2D eigenvalue weighted by Crippen LogP contribution is 2.05. The van der Waals surface area contributed by atoms with E-state index in [9.17, 15) is 4.79 Å². The molecule has 5 nitrogen and oxygen atoms in total. The molecule has 1 heterocycles. The van der Waals surface area contributed by atoms with Crippen LogP contribution in [0.15, 0.2) is 0 Å². The predicted octanol–water partition coefficient (Wildman–Crippen LogP) is -1.45. The molecule has 13 heavy (non-hydrogen) atoms. The van der Waals surface area contributed by atoms with Crippen molar-refractivity contribution in [2.45, 2.75) is 19.1 Å². The maximum atomic E-state index is 11.3. The molecule has 1 aliphatic heterocycles. The number of amides is 1. The van der Waals surface area contributed by atoms with E-state index in [1.807, 2.05) is 0 Å². The second-order valence-electron chi connectivity index (χ2n) is 3.19. The Morgan fingerprint density at radius 3 is 3.08 bits per heavy atom. The fourth-order valence-corrected chi connectivity index (χ4v) is 1.33. The molecular weight excluding hydrogens is 172 g/mol. The summed E-state index contributed by atoms with van der Waals surface area (Å²) < 4.78 is 5.29. The number of carbonyl (C=O) groups excluding carboxylic acids is 1. The zero-order valence-electron chi connectivity index (χ0n) is 7.77. The Balaban J connectivity index is 2.46. The highest BCUT2D eigenvalue weighted by atomic mass is 16.5. The molecule has 0 aliphatic carbocycles. The largest absolute Gasteiger partial charge is 0.384 e. The van der Waals surface area contributed by atoms with E-state index in [1.165, 1.54) is 6.92 Å². The number of morpholine rings is 1. The van der Waals surface area contributed by atoms with Crippen LogP contribution in [0.1, 0.15) is 6.92 Å². The summed E-state index contributed by atoms with van der Waals surface area (Å²) in [5.41, 5.74) is 5.42. The van der Waals surface area contributed by atoms with Crippen LogP contribution in [0.3, 0.4) is 0 Å². The van der Waals surface area contributed by atoms with Gasteiger partial charge in [-0.15, -0.1) is 0 Å². The van der Waals surface area contributed by atoms with Gasteiger partial charge in [0.2, 0.25) is 0 Å². The Morgan fingerprint density at radius 1 is 1.85 bits per heavy atom. The Morgan fingerprint density at radius 2 is 2.54 bits per heavy atom. The third-order valence-corrected chi connectivity index (χ3v) is 2.07. The minimum absolute atomic E-state index is 0.0866. The molecule has 1 rings (SSSR count). The van der Waals surface area contributed by atoms with Crippen molar-refractivity contribution in [1.82, 2.24) is 4.90 Å². The molecule has 1 unspecified atom stereocenters. The number of carbonyl (C=O) groups is 1. The molecule has 3 N–H and O–H groups in total. The highest BCUT2D eigenvalue weighted by Gasteiger charge is 2.25. The van der Waals surface area contributed by atoms with Crippen molar-refractivity contribution in [3.8, 4) is 0 Å². The molecule has 5 heteroatoms. The summed E-state index contributed by atoms with van der Waals surface area (Å²) in [6.45, 7) is 3.40. The molecule has 0 aromatic heterocycles. The zero-order valence-corrected chi connectivity index (χ0v) is 7.77. The lowest BCUT2D eigenvalue weighted by atomic mass is 10.2. The molecule has 0 aromatic rings. The number of ether oxygens (including phenoxy) is 1. The number of hydrogen-bond donors (Lipinski definition) is 2. The van der Waals surface area contributed by atoms with Gasteiger partial charge in [0.25, 0.3) is 5.91 Å². The number of nitrogens with two attached hydrogens (primary N) is 1. The maximum absolute atomic E-state index is 11.3. The summed E-state index contributed by atoms with van der Waals surface area (Å²) in [6, 6.07) is 0. The average molecular weight is 188 g/mol. The van der Waals surface area contributed by atoms with Crippen molar-refractivity contribution < 1.29 is 14.6 Å². The number of aliphatic hydroxyl groups excluding tert-OH is 1. The molecule has 2 atom stereocenters. The molecule has 1 amide bonds. The molecule has 0 bridgehead atoms. The van der Waals surface area contributed by atoms with Crippen LogP contribution in [-0.4, -0.2) is 54.4 Å². The van der Waals surface area contributed by atoms with Crippen LogP contribution in [0.25, 0.3) is 0 Å². The van der Waals surface area contributed by atoms with E-state index in [0.717, 1.165) is 0 Å². The molecule has 0 saturated carbocycles. The van der Waals surface area contributed by atoms with Crippen molar-refractivity contribution >= 4 is 5.91 Å². The first-order valence-corrected chi connectivity index (χ1v) is 4.43. The average Bonchev–Trinajstić information content (AvgIpc) is 2.16. The number of nitrogens with zero attached hydrogens (tertiary/aromatic N) is 1. The summed E-state index contributed by atoms with van der Waals surface area (Å²) >= 11 is 0. The van der Waals surface area contributed by atoms with Gasteiger partial charge in [0.05, 0.1) is 12.7 Å². The van der Waals surface area contributed by atoms with Gasteiger partial charge in [0.15, 0.2) is 0 Å². The fraction of sp³-hybridized carbons (Fsp3) is 0.875. The van der Waals surface area contributed by atoms with Crippen LogP contribution in [0, 0.1) is 0 Å². The van der Waals surface area contributed by atoms with Gasteiger partial charge in [-0.05, 0) is 6.92 Å². The van der Waals surface area contributed by atoms with Crippen molar-refractivity contribution in [2.75, 3.05) is 26.2 Å². The fourth-order valence-electron chi connectivity index (χ4n) is 1.33. The van der Waals surface area contributed by atoms with Crippen LogP contribution in [0.5, 0.6) is 0 Å². The second kappa shape index (κ2) is 4.55. The maximum Gasteiger partial charge on any atom is 0.251 e. The highest BCUT2D eigenvalue weighted by molar-refractivity contribution is 5.80. The lowest BCUT2D eigenvalue weighted by Gasteiger charge is -2.33. The molecule has 76 valence electrons. The quantitative estimate of drug-likeness (QED) is 0.556. The van der Waals surface area contributed by atoms with Crippen LogP contribution in [-0.2, 0) is 9.53 Å². The number of rotatable bonds is 2. The standard InChI is InChI=1S/C8H16N2O3/c1-6(11)8(12)10-2-3-13-7(4-9)5-10/h6-7,11H,2-5,9H2,1H3/t6-,7?/m0/s1. The van der Waals surface area contributed by atoms with E-state index in [-0.39, 0.29) is 12.0 Å². The molecule has 1 aliphatic rings. The molecule has 1 fully saturated rings. The summed E-state index contributed by atoms with van der Waals surface area (Å²) in [4.78, 5) is 12.9. The van der Waals surface area contributed by atoms with Gasteiger partial charge in [-0.25, -0.2) is 0 Å². The third-order valence-electron chi connectivity index (χ3n) is 2.07. The molecule has 0 radical (unpaired) electrons. The number of hydrogen-bond acceptors (Lipinski definition) is 4. The van der Waals surface area contributed by atoms with Gasteiger partial charge in [0, 0.05) is 19.6 Å². The summed E-state index contributed by atoms with van der Waals surface area (Å²) in [7, 11) is 0. The zero-order chi connectivity index (χ0) is 9.84. The van der Waals surface area contributed by atoms with Crippen molar-refractivity contribution in [1.29, 1.82) is 0 Å². The Labute approximate surface area is 77.5 Å². The van der Waals surface area contributed by atoms with E-state index in [2.05, 4.69) is 0 Å². The smallest absolute Gasteiger partial charge is 0.251 e. The normalized spacial score (nSPS) is 25.8. The Kier molecular flexibility index (Phi) is 3.65. The Hall–Kier alpha value is -0.650. The summed E-state index contributed by atoms with van der Waals surface area (Å²) in [5, 5.41) is 9.07. The van der Waals surface area contributed by atoms with Crippen molar-refractivity contribution in [3.63, 3.8) is 0 Å². The van der Waals surface area contributed by atoms with E-state index >= 15 is 0 Å². The van der Waals surface area contributed by atoms with Gasteiger partial charge in [-0.3, -0.25) is 4.79 Å². The van der Waals surface area contributed by atoms with Gasteiger partial charge in [-0.1, -0.05) is 0 Å².